The minimum atomic E-state index is -3.93. The molecule has 2 aromatic heterocycles. The van der Waals surface area contributed by atoms with Gasteiger partial charge in [0.25, 0.3) is 10.0 Å². The SMILES string of the molecule is Cc1ccc(S(=O)(=O)n2c(-c3cccc(CN4CCNCC4)c3)cc3c(Cl)ncnc32)cc1. The summed E-state index contributed by atoms with van der Waals surface area (Å²) in [5.41, 5.74) is 3.66. The van der Waals surface area contributed by atoms with E-state index in [4.69, 9.17) is 11.6 Å². The summed E-state index contributed by atoms with van der Waals surface area (Å²) in [4.78, 5) is 10.9. The third-order valence-corrected chi connectivity index (χ3v) is 7.92. The van der Waals surface area contributed by atoms with Gasteiger partial charge in [0.05, 0.1) is 16.0 Å². The van der Waals surface area contributed by atoms with E-state index in [1.807, 2.05) is 25.1 Å². The highest BCUT2D eigenvalue weighted by molar-refractivity contribution is 7.90. The third-order valence-electron chi connectivity index (χ3n) is 5.90. The van der Waals surface area contributed by atoms with Gasteiger partial charge in [-0.1, -0.05) is 47.5 Å². The Morgan fingerprint density at radius 1 is 1.03 bits per heavy atom. The van der Waals surface area contributed by atoms with Crippen LogP contribution in [0, 0.1) is 6.92 Å². The molecule has 170 valence electrons. The topological polar surface area (TPSA) is 80.1 Å². The van der Waals surface area contributed by atoms with Crippen molar-refractivity contribution >= 4 is 32.7 Å². The maximum atomic E-state index is 13.8. The second kappa shape index (κ2) is 8.87. The molecule has 0 bridgehead atoms. The van der Waals surface area contributed by atoms with Crippen LogP contribution in [0.3, 0.4) is 0 Å². The van der Waals surface area contributed by atoms with Gasteiger partial charge in [-0.2, -0.15) is 0 Å². The number of aryl methyl sites for hydroxylation is 1. The van der Waals surface area contributed by atoms with Crippen molar-refractivity contribution in [1.82, 2.24) is 24.2 Å². The second-order valence-corrected chi connectivity index (χ2v) is 10.4. The van der Waals surface area contributed by atoms with Crippen LogP contribution in [0.4, 0.5) is 0 Å². The fourth-order valence-electron chi connectivity index (χ4n) is 4.18. The fraction of sp³-hybridized carbons (Fsp3) is 0.250. The van der Waals surface area contributed by atoms with Crippen molar-refractivity contribution in [1.29, 1.82) is 0 Å². The molecule has 0 atom stereocenters. The van der Waals surface area contributed by atoms with Crippen molar-refractivity contribution in [2.24, 2.45) is 0 Å². The lowest BCUT2D eigenvalue weighted by molar-refractivity contribution is 0.233. The molecular weight excluding hydrogens is 458 g/mol. The van der Waals surface area contributed by atoms with Gasteiger partial charge in [-0.25, -0.2) is 22.4 Å². The monoisotopic (exact) mass is 481 g/mol. The van der Waals surface area contributed by atoms with Gasteiger partial charge in [-0.05, 0) is 42.3 Å². The Kier molecular flexibility index (Phi) is 5.92. The van der Waals surface area contributed by atoms with E-state index in [-0.39, 0.29) is 15.7 Å². The van der Waals surface area contributed by atoms with Crippen LogP contribution in [-0.4, -0.2) is 53.4 Å². The minimum Gasteiger partial charge on any atom is -0.314 e. The zero-order valence-corrected chi connectivity index (χ0v) is 19.8. The molecule has 0 aliphatic carbocycles. The first kappa shape index (κ1) is 22.0. The molecule has 3 heterocycles. The number of benzene rings is 2. The van der Waals surface area contributed by atoms with E-state index in [1.165, 1.54) is 10.3 Å². The molecule has 0 radical (unpaired) electrons. The van der Waals surface area contributed by atoms with Crippen LogP contribution in [0.25, 0.3) is 22.3 Å². The number of hydrogen-bond acceptors (Lipinski definition) is 6. The predicted molar refractivity (Wildman–Crippen MR) is 130 cm³/mol. The first-order valence-electron chi connectivity index (χ1n) is 10.8. The lowest BCUT2D eigenvalue weighted by Gasteiger charge is -2.27. The van der Waals surface area contributed by atoms with Crippen molar-refractivity contribution in [2.75, 3.05) is 26.2 Å². The lowest BCUT2D eigenvalue weighted by atomic mass is 10.1. The molecule has 0 amide bonds. The average molecular weight is 482 g/mol. The molecule has 1 fully saturated rings. The maximum Gasteiger partial charge on any atom is 0.269 e. The molecular formula is C24H24ClN5O2S. The molecule has 33 heavy (non-hydrogen) atoms. The molecule has 1 aliphatic rings. The standard InChI is InChI=1S/C24H24ClN5O2S/c1-17-5-7-20(8-6-17)33(31,32)30-22(14-21-23(25)27-16-28-24(21)30)19-4-2-3-18(13-19)15-29-11-9-26-10-12-29/h2-8,13-14,16,26H,9-12,15H2,1H3. The first-order chi connectivity index (χ1) is 15.9. The van der Waals surface area contributed by atoms with E-state index >= 15 is 0 Å². The summed E-state index contributed by atoms with van der Waals surface area (Å²) in [6, 6.07) is 16.5. The normalized spacial score (nSPS) is 15.2. The molecule has 1 saturated heterocycles. The molecule has 5 rings (SSSR count). The number of hydrogen-bond donors (Lipinski definition) is 1. The summed E-state index contributed by atoms with van der Waals surface area (Å²) in [6.07, 6.45) is 1.29. The number of halogens is 1. The lowest BCUT2D eigenvalue weighted by Crippen LogP contribution is -2.42. The number of nitrogens with one attached hydrogen (secondary N) is 1. The second-order valence-electron chi connectivity index (χ2n) is 8.24. The van der Waals surface area contributed by atoms with Crippen molar-refractivity contribution < 1.29 is 8.42 Å². The average Bonchev–Trinajstić information content (AvgIpc) is 3.22. The first-order valence-corrected chi connectivity index (χ1v) is 12.6. The largest absolute Gasteiger partial charge is 0.314 e. The van der Waals surface area contributed by atoms with E-state index in [0.717, 1.165) is 49.4 Å². The van der Waals surface area contributed by atoms with Crippen LogP contribution in [0.1, 0.15) is 11.1 Å². The summed E-state index contributed by atoms with van der Waals surface area (Å²) in [5, 5.41) is 4.08. The highest BCUT2D eigenvalue weighted by atomic mass is 35.5. The number of piperazine rings is 1. The van der Waals surface area contributed by atoms with Gasteiger partial charge < -0.3 is 5.32 Å². The summed E-state index contributed by atoms with van der Waals surface area (Å²) < 4.78 is 28.8. The Morgan fingerprint density at radius 2 is 1.79 bits per heavy atom. The number of aromatic nitrogens is 3. The van der Waals surface area contributed by atoms with E-state index in [1.54, 1.807) is 30.3 Å². The van der Waals surface area contributed by atoms with Crippen molar-refractivity contribution in [3.05, 3.63) is 77.2 Å². The molecule has 1 N–H and O–H groups in total. The Morgan fingerprint density at radius 3 is 2.55 bits per heavy atom. The Bertz CT molecular complexity index is 1410. The van der Waals surface area contributed by atoms with Gasteiger partial charge in [0, 0.05) is 32.7 Å². The van der Waals surface area contributed by atoms with Crippen LogP contribution >= 0.6 is 11.6 Å². The number of fused-ring (bicyclic) bond motifs is 1. The minimum absolute atomic E-state index is 0.193. The van der Waals surface area contributed by atoms with Crippen LogP contribution in [0.15, 0.2) is 65.8 Å². The zero-order chi connectivity index (χ0) is 23.0. The molecule has 1 aliphatic heterocycles. The highest BCUT2D eigenvalue weighted by Crippen LogP contribution is 2.34. The van der Waals surface area contributed by atoms with Crippen LogP contribution in [0.2, 0.25) is 5.15 Å². The highest BCUT2D eigenvalue weighted by Gasteiger charge is 2.26. The summed E-state index contributed by atoms with van der Waals surface area (Å²) in [7, 11) is -3.93. The molecule has 0 saturated carbocycles. The van der Waals surface area contributed by atoms with Crippen LogP contribution in [0.5, 0.6) is 0 Å². The Labute approximate surface area is 198 Å². The fourth-order valence-corrected chi connectivity index (χ4v) is 5.84. The molecule has 9 heteroatoms. The van der Waals surface area contributed by atoms with E-state index in [0.29, 0.717) is 11.1 Å². The summed E-state index contributed by atoms with van der Waals surface area (Å²) in [6.45, 7) is 6.64. The van der Waals surface area contributed by atoms with Crippen molar-refractivity contribution in [2.45, 2.75) is 18.4 Å². The van der Waals surface area contributed by atoms with Gasteiger partial charge in [-0.3, -0.25) is 4.90 Å². The summed E-state index contributed by atoms with van der Waals surface area (Å²) in [5.74, 6) is 0. The molecule has 7 nitrogen and oxygen atoms in total. The number of rotatable bonds is 5. The predicted octanol–water partition coefficient (Wildman–Crippen LogP) is 3.70. The van der Waals surface area contributed by atoms with Gasteiger partial charge >= 0.3 is 0 Å². The van der Waals surface area contributed by atoms with Gasteiger partial charge in [0.1, 0.15) is 11.5 Å². The van der Waals surface area contributed by atoms with Crippen molar-refractivity contribution in [3.8, 4) is 11.3 Å². The molecule has 4 aromatic rings. The summed E-state index contributed by atoms with van der Waals surface area (Å²) >= 11 is 6.33. The van der Waals surface area contributed by atoms with Crippen LogP contribution < -0.4 is 5.32 Å². The zero-order valence-electron chi connectivity index (χ0n) is 18.2. The van der Waals surface area contributed by atoms with Crippen molar-refractivity contribution in [3.63, 3.8) is 0 Å². The van der Waals surface area contributed by atoms with Gasteiger partial charge in [-0.15, -0.1) is 0 Å². The van der Waals surface area contributed by atoms with E-state index in [2.05, 4.69) is 26.3 Å². The molecule has 0 unspecified atom stereocenters. The smallest absolute Gasteiger partial charge is 0.269 e. The molecule has 2 aromatic carbocycles. The third kappa shape index (κ3) is 4.27. The Balaban J connectivity index is 1.65. The van der Waals surface area contributed by atoms with E-state index < -0.39 is 10.0 Å². The van der Waals surface area contributed by atoms with Crippen LogP contribution in [-0.2, 0) is 16.6 Å². The van der Waals surface area contributed by atoms with Gasteiger partial charge in [0.15, 0.2) is 5.65 Å². The molecule has 0 spiro atoms. The quantitative estimate of drug-likeness (QED) is 0.438. The maximum absolute atomic E-state index is 13.8. The Hall–Kier alpha value is -2.78. The number of nitrogens with zero attached hydrogens (tertiary/aromatic N) is 4. The van der Waals surface area contributed by atoms with Gasteiger partial charge in [0.2, 0.25) is 0 Å². The van der Waals surface area contributed by atoms with E-state index in [9.17, 15) is 8.42 Å².